The summed E-state index contributed by atoms with van der Waals surface area (Å²) in [6.45, 7) is 11.3. The van der Waals surface area contributed by atoms with E-state index in [1.807, 2.05) is 0 Å². The maximum Gasteiger partial charge on any atom is 0.306 e. The largest absolute Gasteiger partial charge is 0.462 e. The van der Waals surface area contributed by atoms with Gasteiger partial charge in [-0.3, -0.25) is 14.4 Å². The minimum absolute atomic E-state index is 0.0648. The quantitative estimate of drug-likeness (QED) is 0.0347. The Morgan fingerprint density at radius 3 is 0.875 bits per heavy atom. The lowest BCUT2D eigenvalue weighted by molar-refractivity contribution is -0.167. The van der Waals surface area contributed by atoms with E-state index in [1.165, 1.54) is 161 Å². The molecule has 6 nitrogen and oxygen atoms in total. The van der Waals surface area contributed by atoms with Gasteiger partial charge in [-0.05, 0) is 31.1 Å². The summed E-state index contributed by atoms with van der Waals surface area (Å²) < 4.78 is 16.8. The molecule has 6 heteroatoms. The molecule has 0 aromatic heterocycles. The van der Waals surface area contributed by atoms with Crippen molar-refractivity contribution in [2.24, 2.45) is 11.8 Å². The number of carbonyl (C=O) groups is 3. The maximum absolute atomic E-state index is 12.7. The Morgan fingerprint density at radius 2 is 0.589 bits per heavy atom. The molecule has 0 fully saturated rings. The van der Waals surface area contributed by atoms with Crippen LogP contribution in [0.15, 0.2) is 0 Å². The zero-order chi connectivity index (χ0) is 41.2. The zero-order valence-corrected chi connectivity index (χ0v) is 38.3. The van der Waals surface area contributed by atoms with Gasteiger partial charge < -0.3 is 14.2 Å². The van der Waals surface area contributed by atoms with Gasteiger partial charge >= 0.3 is 17.9 Å². The fourth-order valence-corrected chi connectivity index (χ4v) is 7.46. The third kappa shape index (κ3) is 43.5. The fourth-order valence-electron chi connectivity index (χ4n) is 7.46. The summed E-state index contributed by atoms with van der Waals surface area (Å²) in [5.41, 5.74) is 0. The van der Waals surface area contributed by atoms with Crippen LogP contribution in [0.3, 0.4) is 0 Å². The van der Waals surface area contributed by atoms with Crippen LogP contribution in [-0.2, 0) is 28.6 Å². The van der Waals surface area contributed by atoms with Crippen LogP contribution in [-0.4, -0.2) is 37.2 Å². The van der Waals surface area contributed by atoms with E-state index >= 15 is 0 Å². The number of rotatable bonds is 44. The molecule has 332 valence electrons. The topological polar surface area (TPSA) is 78.9 Å². The number of hydrogen-bond donors (Lipinski definition) is 0. The standard InChI is InChI=1S/C50H96O6/c1-6-7-8-9-10-11-12-13-14-15-16-17-18-25-30-35-40-48(51)54-43-47(56-50(53)42-37-32-27-22-20-24-29-34-39-46(4)5)44-55-49(52)41-36-31-26-21-19-23-28-33-38-45(2)3/h45-47H,6-44H2,1-5H3/t47-/m0/s1. The highest BCUT2D eigenvalue weighted by atomic mass is 16.6. The van der Waals surface area contributed by atoms with Crippen molar-refractivity contribution in [3.8, 4) is 0 Å². The van der Waals surface area contributed by atoms with Crippen LogP contribution in [0.5, 0.6) is 0 Å². The lowest BCUT2D eigenvalue weighted by Gasteiger charge is -2.18. The van der Waals surface area contributed by atoms with E-state index in [4.69, 9.17) is 14.2 Å². The SMILES string of the molecule is CCCCCCCCCCCCCCCCCCC(=O)OC[C@@H](COC(=O)CCCCCCCCCCC(C)C)OC(=O)CCCCCCCCCCC(C)C. The Balaban J connectivity index is 4.29. The van der Waals surface area contributed by atoms with E-state index in [0.29, 0.717) is 19.3 Å². The third-order valence-corrected chi connectivity index (χ3v) is 11.2. The van der Waals surface area contributed by atoms with Gasteiger partial charge in [0.2, 0.25) is 0 Å². The first kappa shape index (κ1) is 54.4. The molecule has 0 amide bonds. The number of carbonyl (C=O) groups excluding carboxylic acids is 3. The molecule has 0 aromatic rings. The smallest absolute Gasteiger partial charge is 0.306 e. The van der Waals surface area contributed by atoms with Gasteiger partial charge in [0.1, 0.15) is 13.2 Å². The van der Waals surface area contributed by atoms with Gasteiger partial charge in [-0.15, -0.1) is 0 Å². The molecule has 0 unspecified atom stereocenters. The van der Waals surface area contributed by atoms with E-state index in [2.05, 4.69) is 34.6 Å². The Kier molecular flexibility index (Phi) is 41.8. The molecule has 0 aliphatic carbocycles. The van der Waals surface area contributed by atoms with Gasteiger partial charge in [-0.25, -0.2) is 0 Å². The molecule has 0 bridgehead atoms. The maximum atomic E-state index is 12.7. The zero-order valence-electron chi connectivity index (χ0n) is 38.3. The molecule has 0 rings (SSSR count). The Bertz CT molecular complexity index is 854. The number of unbranched alkanes of at least 4 members (excludes halogenated alkanes) is 29. The molecule has 0 saturated carbocycles. The molecule has 0 heterocycles. The van der Waals surface area contributed by atoms with Crippen molar-refractivity contribution in [2.75, 3.05) is 13.2 Å². The number of hydrogen-bond acceptors (Lipinski definition) is 6. The number of esters is 3. The van der Waals surface area contributed by atoms with E-state index in [1.54, 1.807) is 0 Å². The van der Waals surface area contributed by atoms with Crippen molar-refractivity contribution in [3.05, 3.63) is 0 Å². The second-order valence-corrected chi connectivity index (χ2v) is 18.1. The molecule has 0 aliphatic rings. The lowest BCUT2D eigenvalue weighted by Crippen LogP contribution is -2.30. The van der Waals surface area contributed by atoms with Gasteiger partial charge in [0, 0.05) is 19.3 Å². The molecule has 0 aliphatic heterocycles. The molecule has 0 N–H and O–H groups in total. The molecular formula is C50H96O6. The molecule has 56 heavy (non-hydrogen) atoms. The van der Waals surface area contributed by atoms with Crippen molar-refractivity contribution in [1.29, 1.82) is 0 Å². The fraction of sp³-hybridized carbons (Fsp3) is 0.940. The summed E-state index contributed by atoms with van der Waals surface area (Å²) in [6, 6.07) is 0. The minimum Gasteiger partial charge on any atom is -0.462 e. The van der Waals surface area contributed by atoms with Crippen LogP contribution in [0.4, 0.5) is 0 Å². The first-order chi connectivity index (χ1) is 27.2. The van der Waals surface area contributed by atoms with Crippen molar-refractivity contribution in [2.45, 2.75) is 278 Å². The average Bonchev–Trinajstić information content (AvgIpc) is 3.16. The molecule has 0 radical (unpaired) electrons. The van der Waals surface area contributed by atoms with Crippen LogP contribution in [0, 0.1) is 11.8 Å². The molecule has 0 saturated heterocycles. The summed E-state index contributed by atoms with van der Waals surface area (Å²) in [6.07, 6.45) is 42.4. The van der Waals surface area contributed by atoms with Crippen LogP contribution >= 0.6 is 0 Å². The highest BCUT2D eigenvalue weighted by Gasteiger charge is 2.19. The molecule has 0 aromatic carbocycles. The molecular weight excluding hydrogens is 697 g/mol. The Hall–Kier alpha value is -1.59. The van der Waals surface area contributed by atoms with E-state index in [-0.39, 0.29) is 31.1 Å². The Morgan fingerprint density at radius 1 is 0.339 bits per heavy atom. The Labute approximate surface area is 348 Å². The van der Waals surface area contributed by atoms with Crippen LogP contribution in [0.1, 0.15) is 272 Å². The molecule has 1 atom stereocenters. The van der Waals surface area contributed by atoms with Gasteiger partial charge in [0.05, 0.1) is 0 Å². The summed E-state index contributed by atoms with van der Waals surface area (Å²) >= 11 is 0. The van der Waals surface area contributed by atoms with Gasteiger partial charge in [-0.1, -0.05) is 234 Å². The van der Waals surface area contributed by atoms with Gasteiger partial charge in [0.15, 0.2) is 6.10 Å². The van der Waals surface area contributed by atoms with Crippen molar-refractivity contribution in [1.82, 2.24) is 0 Å². The summed E-state index contributed by atoms with van der Waals surface area (Å²) in [5, 5.41) is 0. The second-order valence-electron chi connectivity index (χ2n) is 18.1. The van der Waals surface area contributed by atoms with Crippen molar-refractivity contribution in [3.63, 3.8) is 0 Å². The second kappa shape index (κ2) is 43.0. The van der Waals surface area contributed by atoms with E-state index in [9.17, 15) is 14.4 Å². The van der Waals surface area contributed by atoms with E-state index in [0.717, 1.165) is 69.6 Å². The van der Waals surface area contributed by atoms with E-state index < -0.39 is 6.10 Å². The normalized spacial score (nSPS) is 12.1. The lowest BCUT2D eigenvalue weighted by atomic mass is 10.0. The van der Waals surface area contributed by atoms with Gasteiger partial charge in [0.25, 0.3) is 0 Å². The number of ether oxygens (including phenoxy) is 3. The summed E-state index contributed by atoms with van der Waals surface area (Å²) in [4.78, 5) is 37.8. The molecule has 0 spiro atoms. The van der Waals surface area contributed by atoms with Crippen LogP contribution in [0.2, 0.25) is 0 Å². The van der Waals surface area contributed by atoms with Crippen LogP contribution in [0.25, 0.3) is 0 Å². The minimum atomic E-state index is -0.761. The predicted octanol–water partition coefficient (Wildman–Crippen LogP) is 15.8. The highest BCUT2D eigenvalue weighted by molar-refractivity contribution is 5.71. The monoisotopic (exact) mass is 793 g/mol. The van der Waals surface area contributed by atoms with Crippen molar-refractivity contribution >= 4 is 17.9 Å². The first-order valence-corrected chi connectivity index (χ1v) is 24.7. The average molecular weight is 793 g/mol. The summed E-state index contributed by atoms with van der Waals surface area (Å²) in [7, 11) is 0. The van der Waals surface area contributed by atoms with Gasteiger partial charge in [-0.2, -0.15) is 0 Å². The highest BCUT2D eigenvalue weighted by Crippen LogP contribution is 2.17. The first-order valence-electron chi connectivity index (χ1n) is 24.7. The predicted molar refractivity (Wildman–Crippen MR) is 238 cm³/mol. The van der Waals surface area contributed by atoms with Crippen LogP contribution < -0.4 is 0 Å². The third-order valence-electron chi connectivity index (χ3n) is 11.2. The summed E-state index contributed by atoms with van der Waals surface area (Å²) in [5.74, 6) is 0.734. The van der Waals surface area contributed by atoms with Crippen molar-refractivity contribution < 1.29 is 28.6 Å².